The summed E-state index contributed by atoms with van der Waals surface area (Å²) in [5.41, 5.74) is 1.25. The van der Waals surface area contributed by atoms with Crippen molar-refractivity contribution < 1.29 is 0 Å². The number of likely N-dealkylation sites (N-methyl/N-ethyl adjacent to an activating group) is 1. The van der Waals surface area contributed by atoms with Gasteiger partial charge in [0.05, 0.1) is 0 Å². The van der Waals surface area contributed by atoms with E-state index in [0.29, 0.717) is 12.0 Å². The van der Waals surface area contributed by atoms with Gasteiger partial charge in [0.25, 0.3) is 0 Å². The van der Waals surface area contributed by atoms with Gasteiger partial charge in [-0.15, -0.1) is 0 Å². The third kappa shape index (κ3) is 6.39. The quantitative estimate of drug-likeness (QED) is 0.815. The molecule has 0 radical (unpaired) electrons. The molecular weight excluding hydrogens is 244 g/mol. The summed E-state index contributed by atoms with van der Waals surface area (Å²) in [4.78, 5) is 2.23. The molecule has 1 atom stereocenters. The average molecular weight is 269 g/mol. The third-order valence-corrected chi connectivity index (χ3v) is 3.06. The van der Waals surface area contributed by atoms with Crippen molar-refractivity contribution in [3.05, 3.63) is 34.9 Å². The number of nitrogens with one attached hydrogen (secondary N) is 1. The molecule has 0 saturated heterocycles. The first kappa shape index (κ1) is 15.5. The molecule has 0 heterocycles. The molecule has 0 saturated carbocycles. The first-order chi connectivity index (χ1) is 8.47. The second kappa shape index (κ2) is 7.78. The van der Waals surface area contributed by atoms with Gasteiger partial charge in [-0.2, -0.15) is 0 Å². The summed E-state index contributed by atoms with van der Waals surface area (Å²) in [5, 5.41) is 4.43. The largest absolute Gasteiger partial charge is 0.309 e. The topological polar surface area (TPSA) is 15.3 Å². The van der Waals surface area contributed by atoms with Gasteiger partial charge in [-0.3, -0.25) is 0 Å². The number of hydrogen-bond acceptors (Lipinski definition) is 2. The molecule has 102 valence electrons. The molecule has 1 unspecified atom stereocenters. The Hall–Kier alpha value is -0.570. The van der Waals surface area contributed by atoms with Gasteiger partial charge in [-0.1, -0.05) is 37.6 Å². The Labute approximate surface area is 116 Å². The maximum atomic E-state index is 5.99. The van der Waals surface area contributed by atoms with E-state index in [4.69, 9.17) is 11.6 Å². The lowest BCUT2D eigenvalue weighted by Crippen LogP contribution is -2.38. The molecule has 1 N–H and O–H groups in total. The van der Waals surface area contributed by atoms with E-state index in [-0.39, 0.29) is 0 Å². The average Bonchev–Trinajstić information content (AvgIpc) is 2.24. The normalized spacial score (nSPS) is 13.3. The van der Waals surface area contributed by atoms with Gasteiger partial charge < -0.3 is 10.2 Å². The molecule has 18 heavy (non-hydrogen) atoms. The molecule has 0 fully saturated rings. The Morgan fingerprint density at radius 1 is 1.28 bits per heavy atom. The molecule has 0 spiro atoms. The highest BCUT2D eigenvalue weighted by Crippen LogP contribution is 2.11. The van der Waals surface area contributed by atoms with Crippen molar-refractivity contribution in [3.63, 3.8) is 0 Å². The van der Waals surface area contributed by atoms with Crippen molar-refractivity contribution in [2.24, 2.45) is 5.92 Å². The van der Waals surface area contributed by atoms with Crippen LogP contribution in [-0.2, 0) is 6.54 Å². The van der Waals surface area contributed by atoms with Crippen molar-refractivity contribution in [2.75, 3.05) is 20.6 Å². The molecule has 0 aliphatic rings. The van der Waals surface area contributed by atoms with Crippen LogP contribution in [0, 0.1) is 5.92 Å². The predicted molar refractivity (Wildman–Crippen MR) is 80.1 cm³/mol. The lowest BCUT2D eigenvalue weighted by Gasteiger charge is -2.24. The van der Waals surface area contributed by atoms with E-state index < -0.39 is 0 Å². The molecular formula is C15H25ClN2. The predicted octanol–water partition coefficient (Wildman–Crippen LogP) is 3.41. The van der Waals surface area contributed by atoms with E-state index in [0.717, 1.165) is 18.1 Å². The second-order valence-corrected chi connectivity index (χ2v) is 6.04. The minimum atomic E-state index is 0.527. The fourth-order valence-corrected chi connectivity index (χ4v) is 2.35. The Bertz CT molecular complexity index is 340. The van der Waals surface area contributed by atoms with Crippen molar-refractivity contribution in [1.29, 1.82) is 0 Å². The molecule has 0 aromatic heterocycles. The summed E-state index contributed by atoms with van der Waals surface area (Å²) in [7, 11) is 4.24. The number of rotatable bonds is 7. The molecule has 3 heteroatoms. The Morgan fingerprint density at radius 3 is 2.56 bits per heavy atom. The molecule has 0 bridgehead atoms. The Balaban J connectivity index is 2.50. The maximum Gasteiger partial charge on any atom is 0.0409 e. The van der Waals surface area contributed by atoms with Gasteiger partial charge in [0, 0.05) is 24.2 Å². The molecule has 1 aromatic rings. The van der Waals surface area contributed by atoms with Crippen LogP contribution in [0.2, 0.25) is 5.02 Å². The summed E-state index contributed by atoms with van der Waals surface area (Å²) in [6.07, 6.45) is 1.19. The Morgan fingerprint density at radius 2 is 2.00 bits per heavy atom. The highest BCUT2D eigenvalue weighted by Gasteiger charge is 2.11. The molecule has 2 nitrogen and oxygen atoms in total. The lowest BCUT2D eigenvalue weighted by atomic mass is 10.0. The van der Waals surface area contributed by atoms with Gasteiger partial charge >= 0.3 is 0 Å². The van der Waals surface area contributed by atoms with Crippen molar-refractivity contribution in [1.82, 2.24) is 10.2 Å². The minimum Gasteiger partial charge on any atom is -0.309 e. The zero-order valence-corrected chi connectivity index (χ0v) is 12.7. The summed E-state index contributed by atoms with van der Waals surface area (Å²) in [5.74, 6) is 0.710. The van der Waals surface area contributed by atoms with E-state index in [9.17, 15) is 0 Å². The zero-order chi connectivity index (χ0) is 13.5. The number of nitrogens with zero attached hydrogens (tertiary/aromatic N) is 1. The van der Waals surface area contributed by atoms with Crippen LogP contribution in [0.4, 0.5) is 0 Å². The van der Waals surface area contributed by atoms with E-state index in [2.05, 4.69) is 44.2 Å². The first-order valence-electron chi connectivity index (χ1n) is 6.60. The Kier molecular flexibility index (Phi) is 6.69. The van der Waals surface area contributed by atoms with Crippen LogP contribution >= 0.6 is 11.6 Å². The fourth-order valence-electron chi connectivity index (χ4n) is 2.14. The minimum absolute atomic E-state index is 0.527. The van der Waals surface area contributed by atoms with E-state index >= 15 is 0 Å². The summed E-state index contributed by atoms with van der Waals surface area (Å²) >= 11 is 5.99. The smallest absolute Gasteiger partial charge is 0.0409 e. The van der Waals surface area contributed by atoms with E-state index in [1.165, 1.54) is 12.0 Å². The van der Waals surface area contributed by atoms with Crippen LogP contribution < -0.4 is 5.32 Å². The van der Waals surface area contributed by atoms with Crippen LogP contribution in [0.15, 0.2) is 24.3 Å². The lowest BCUT2D eigenvalue weighted by molar-refractivity contribution is 0.305. The van der Waals surface area contributed by atoms with Gasteiger partial charge in [0.2, 0.25) is 0 Å². The van der Waals surface area contributed by atoms with Crippen molar-refractivity contribution >= 4 is 11.6 Å². The van der Waals surface area contributed by atoms with Crippen LogP contribution in [0.1, 0.15) is 25.8 Å². The highest BCUT2D eigenvalue weighted by atomic mass is 35.5. The van der Waals surface area contributed by atoms with Crippen molar-refractivity contribution in [2.45, 2.75) is 32.9 Å². The summed E-state index contributed by atoms with van der Waals surface area (Å²) in [6.45, 7) is 6.48. The first-order valence-corrected chi connectivity index (χ1v) is 6.97. The van der Waals surface area contributed by atoms with Crippen molar-refractivity contribution in [3.8, 4) is 0 Å². The molecule has 0 aliphatic heterocycles. The SMILES string of the molecule is CC(C)CC(CN(C)C)NCc1cccc(Cl)c1. The highest BCUT2D eigenvalue weighted by molar-refractivity contribution is 6.30. The third-order valence-electron chi connectivity index (χ3n) is 2.83. The fraction of sp³-hybridized carbons (Fsp3) is 0.600. The van der Waals surface area contributed by atoms with Crippen LogP contribution in [0.5, 0.6) is 0 Å². The zero-order valence-electron chi connectivity index (χ0n) is 11.9. The summed E-state index contributed by atoms with van der Waals surface area (Å²) < 4.78 is 0. The molecule has 1 rings (SSSR count). The van der Waals surface area contributed by atoms with Gasteiger partial charge in [0.15, 0.2) is 0 Å². The van der Waals surface area contributed by atoms with Crippen LogP contribution in [-0.4, -0.2) is 31.6 Å². The molecule has 0 amide bonds. The van der Waals surface area contributed by atoms with Gasteiger partial charge in [-0.05, 0) is 44.1 Å². The number of hydrogen-bond donors (Lipinski definition) is 1. The van der Waals surface area contributed by atoms with Crippen LogP contribution in [0.3, 0.4) is 0 Å². The summed E-state index contributed by atoms with van der Waals surface area (Å²) in [6, 6.07) is 8.58. The number of halogens is 1. The standard InChI is InChI=1S/C15H25ClN2/c1-12(2)8-15(11-18(3)4)17-10-13-6-5-7-14(16)9-13/h5-7,9,12,15,17H,8,10-11H2,1-4H3. The number of benzene rings is 1. The molecule has 0 aliphatic carbocycles. The van der Waals surface area contributed by atoms with E-state index in [1.807, 2.05) is 18.2 Å². The maximum absolute atomic E-state index is 5.99. The van der Waals surface area contributed by atoms with Gasteiger partial charge in [0.1, 0.15) is 0 Å². The second-order valence-electron chi connectivity index (χ2n) is 5.60. The molecule has 1 aromatic carbocycles. The van der Waals surface area contributed by atoms with Gasteiger partial charge in [-0.25, -0.2) is 0 Å². The van der Waals surface area contributed by atoms with Crippen LogP contribution in [0.25, 0.3) is 0 Å². The van der Waals surface area contributed by atoms with E-state index in [1.54, 1.807) is 0 Å². The monoisotopic (exact) mass is 268 g/mol.